The van der Waals surface area contributed by atoms with Gasteiger partial charge >= 0.3 is 0 Å². The van der Waals surface area contributed by atoms with Crippen LogP contribution < -0.4 is 5.32 Å². The molecule has 22 heavy (non-hydrogen) atoms. The number of carbonyl (C=O) groups is 1. The smallest absolute Gasteiger partial charge is 0.222 e. The first-order valence-corrected chi connectivity index (χ1v) is 7.37. The lowest BCUT2D eigenvalue weighted by molar-refractivity contribution is -0.114. The van der Waals surface area contributed by atoms with Crippen molar-refractivity contribution in [2.75, 3.05) is 18.4 Å². The molecule has 118 valence electrons. The Morgan fingerprint density at radius 2 is 2.27 bits per heavy atom. The summed E-state index contributed by atoms with van der Waals surface area (Å²) < 4.78 is 7.43. The van der Waals surface area contributed by atoms with Gasteiger partial charge in [0.15, 0.2) is 5.82 Å². The lowest BCUT2D eigenvalue weighted by Gasteiger charge is -2.14. The molecule has 1 aliphatic heterocycles. The van der Waals surface area contributed by atoms with Crippen LogP contribution in [0, 0.1) is 0 Å². The van der Waals surface area contributed by atoms with Crippen LogP contribution in [0.3, 0.4) is 0 Å². The molecule has 0 bridgehead atoms. The van der Waals surface area contributed by atoms with Crippen LogP contribution in [0.25, 0.3) is 0 Å². The first-order chi connectivity index (χ1) is 10.6. The number of furan rings is 1. The van der Waals surface area contributed by atoms with Crippen molar-refractivity contribution in [2.45, 2.75) is 32.5 Å². The van der Waals surface area contributed by atoms with Crippen LogP contribution in [0.4, 0.5) is 5.82 Å². The number of nitrogens with one attached hydrogen (secondary N) is 1. The summed E-state index contributed by atoms with van der Waals surface area (Å²) in [5, 5.41) is 16.1. The molecule has 0 aromatic carbocycles. The fourth-order valence-electron chi connectivity index (χ4n) is 2.77. The lowest BCUT2D eigenvalue weighted by Crippen LogP contribution is -2.21. The van der Waals surface area contributed by atoms with E-state index in [2.05, 4.69) is 15.3 Å². The van der Waals surface area contributed by atoms with Gasteiger partial charge in [0.25, 0.3) is 0 Å². The number of anilines is 1. The van der Waals surface area contributed by atoms with Crippen LogP contribution in [0.2, 0.25) is 0 Å². The van der Waals surface area contributed by atoms with Crippen LogP contribution in [0.15, 0.2) is 28.8 Å². The summed E-state index contributed by atoms with van der Waals surface area (Å²) in [6.45, 7) is 3.99. The Morgan fingerprint density at radius 1 is 1.45 bits per heavy atom. The highest BCUT2D eigenvalue weighted by Crippen LogP contribution is 2.24. The predicted molar refractivity (Wildman–Crippen MR) is 80.1 cm³/mol. The van der Waals surface area contributed by atoms with E-state index >= 15 is 0 Å². The molecule has 1 fully saturated rings. The monoisotopic (exact) mass is 304 g/mol. The summed E-state index contributed by atoms with van der Waals surface area (Å²) in [4.78, 5) is 13.3. The van der Waals surface area contributed by atoms with Crippen LogP contribution in [0.1, 0.15) is 30.9 Å². The highest BCUT2D eigenvalue weighted by molar-refractivity contribution is 5.87. The van der Waals surface area contributed by atoms with Gasteiger partial charge in [-0.3, -0.25) is 14.4 Å². The molecule has 0 spiro atoms. The first kappa shape index (κ1) is 14.8. The number of likely N-dealkylation sites (tertiary alicyclic amines) is 1. The van der Waals surface area contributed by atoms with E-state index in [9.17, 15) is 4.79 Å². The average Bonchev–Trinajstić information content (AvgIpc) is 3.18. The number of nitrogens with zero attached hydrogens (tertiary/aromatic N) is 3. The van der Waals surface area contributed by atoms with Gasteiger partial charge in [0.2, 0.25) is 5.91 Å². The number of aromatic nitrogens is 2. The molecule has 2 aromatic heterocycles. The van der Waals surface area contributed by atoms with E-state index in [0.717, 1.165) is 31.8 Å². The minimum absolute atomic E-state index is 0.0676. The Morgan fingerprint density at radius 3 is 3.00 bits per heavy atom. The van der Waals surface area contributed by atoms with Gasteiger partial charge in [-0.2, -0.15) is 5.10 Å². The zero-order valence-electron chi connectivity index (χ0n) is 12.5. The molecule has 3 rings (SSSR count). The van der Waals surface area contributed by atoms with Gasteiger partial charge in [-0.05, 0) is 18.6 Å². The summed E-state index contributed by atoms with van der Waals surface area (Å²) >= 11 is 0. The molecule has 3 heterocycles. The lowest BCUT2D eigenvalue weighted by atomic mass is 10.3. The molecule has 7 nitrogen and oxygen atoms in total. The zero-order chi connectivity index (χ0) is 15.5. The Balaban J connectivity index is 1.57. The number of aliphatic hydroxyl groups excluding tert-OH is 1. The maximum Gasteiger partial charge on any atom is 0.222 e. The summed E-state index contributed by atoms with van der Waals surface area (Å²) in [6.07, 6.45) is 2.91. The molecule has 0 radical (unpaired) electrons. The molecule has 7 heteroatoms. The molecule has 1 amide bonds. The quantitative estimate of drug-likeness (QED) is 0.872. The van der Waals surface area contributed by atoms with E-state index in [1.54, 1.807) is 6.07 Å². The zero-order valence-corrected chi connectivity index (χ0v) is 12.5. The molecular weight excluding hydrogens is 284 g/mol. The van der Waals surface area contributed by atoms with Crippen LogP contribution in [-0.2, 0) is 17.9 Å². The summed E-state index contributed by atoms with van der Waals surface area (Å²) in [5.74, 6) is 1.93. The number of rotatable bonds is 5. The average molecular weight is 304 g/mol. The molecule has 1 saturated heterocycles. The van der Waals surface area contributed by atoms with Crippen molar-refractivity contribution in [3.63, 3.8) is 0 Å². The van der Waals surface area contributed by atoms with Crippen molar-refractivity contribution in [2.24, 2.45) is 0 Å². The van der Waals surface area contributed by atoms with E-state index in [-0.39, 0.29) is 12.5 Å². The molecule has 2 aromatic rings. The van der Waals surface area contributed by atoms with Crippen molar-refractivity contribution >= 4 is 11.7 Å². The third-order valence-corrected chi connectivity index (χ3v) is 3.79. The second kappa shape index (κ2) is 6.33. The highest BCUT2D eigenvalue weighted by atomic mass is 16.4. The SMILES string of the molecule is CC(=O)Nc1ccn([C@H]2CCN(Cc3ccc(CO)o3)C2)n1. The van der Waals surface area contributed by atoms with Crippen molar-refractivity contribution in [3.8, 4) is 0 Å². The first-order valence-electron chi connectivity index (χ1n) is 7.37. The molecule has 1 aliphatic rings. The Kier molecular flexibility index (Phi) is 4.26. The van der Waals surface area contributed by atoms with E-state index in [1.165, 1.54) is 6.92 Å². The van der Waals surface area contributed by atoms with Gasteiger partial charge in [0.05, 0.1) is 12.6 Å². The minimum Gasteiger partial charge on any atom is -0.462 e. The van der Waals surface area contributed by atoms with Gasteiger partial charge in [-0.1, -0.05) is 0 Å². The maximum atomic E-state index is 11.0. The number of hydrogen-bond donors (Lipinski definition) is 2. The fourth-order valence-corrected chi connectivity index (χ4v) is 2.77. The molecule has 1 atom stereocenters. The van der Waals surface area contributed by atoms with Gasteiger partial charge in [-0.25, -0.2) is 0 Å². The van der Waals surface area contributed by atoms with Crippen molar-refractivity contribution in [3.05, 3.63) is 35.9 Å². The van der Waals surface area contributed by atoms with Gasteiger partial charge in [0.1, 0.15) is 18.1 Å². The van der Waals surface area contributed by atoms with Crippen molar-refractivity contribution in [1.29, 1.82) is 0 Å². The highest BCUT2D eigenvalue weighted by Gasteiger charge is 2.25. The van der Waals surface area contributed by atoms with E-state index < -0.39 is 0 Å². The second-order valence-electron chi connectivity index (χ2n) is 5.57. The second-order valence-corrected chi connectivity index (χ2v) is 5.57. The number of aliphatic hydroxyl groups is 1. The number of amides is 1. The molecular formula is C15H20N4O3. The van der Waals surface area contributed by atoms with E-state index in [4.69, 9.17) is 9.52 Å². The van der Waals surface area contributed by atoms with Crippen LogP contribution in [-0.4, -0.2) is 38.8 Å². The largest absolute Gasteiger partial charge is 0.462 e. The molecule has 2 N–H and O–H groups in total. The van der Waals surface area contributed by atoms with E-state index in [0.29, 0.717) is 17.6 Å². The van der Waals surface area contributed by atoms with Crippen LogP contribution in [0.5, 0.6) is 0 Å². The topological polar surface area (TPSA) is 83.5 Å². The third-order valence-electron chi connectivity index (χ3n) is 3.79. The Hall–Kier alpha value is -2.12. The standard InChI is InChI=1S/C15H20N4O3/c1-11(21)16-15-5-7-19(17-15)12-4-6-18(8-12)9-13-2-3-14(10-20)22-13/h2-3,5,7,12,20H,4,6,8-10H2,1H3,(H,16,17,21)/t12-/m0/s1. The minimum atomic E-state index is -0.115. The Bertz CT molecular complexity index is 649. The number of carbonyl (C=O) groups excluding carboxylic acids is 1. The number of hydrogen-bond acceptors (Lipinski definition) is 5. The van der Waals surface area contributed by atoms with Gasteiger partial charge in [0, 0.05) is 32.3 Å². The molecule has 0 saturated carbocycles. The third kappa shape index (κ3) is 3.37. The predicted octanol–water partition coefficient (Wildman–Crippen LogP) is 1.37. The van der Waals surface area contributed by atoms with E-state index in [1.807, 2.05) is 23.0 Å². The molecule has 0 aliphatic carbocycles. The van der Waals surface area contributed by atoms with Gasteiger partial charge in [-0.15, -0.1) is 0 Å². The summed E-state index contributed by atoms with van der Waals surface area (Å²) in [5.41, 5.74) is 0. The van der Waals surface area contributed by atoms with Crippen molar-refractivity contribution < 1.29 is 14.3 Å². The van der Waals surface area contributed by atoms with Crippen LogP contribution >= 0.6 is 0 Å². The maximum absolute atomic E-state index is 11.0. The summed E-state index contributed by atoms with van der Waals surface area (Å²) in [6, 6.07) is 5.82. The van der Waals surface area contributed by atoms with Gasteiger partial charge < -0.3 is 14.8 Å². The van der Waals surface area contributed by atoms with Crippen molar-refractivity contribution in [1.82, 2.24) is 14.7 Å². The fraction of sp³-hybridized carbons (Fsp3) is 0.467. The Labute approximate surface area is 128 Å². The summed E-state index contributed by atoms with van der Waals surface area (Å²) in [7, 11) is 0. The normalized spacial score (nSPS) is 18.7. The molecule has 0 unspecified atom stereocenters.